The summed E-state index contributed by atoms with van der Waals surface area (Å²) in [5.41, 5.74) is 2.60. The zero-order valence-corrected chi connectivity index (χ0v) is 19.4. The second-order valence-corrected chi connectivity index (χ2v) is 9.76. The van der Waals surface area contributed by atoms with Gasteiger partial charge in [-0.25, -0.2) is 17.9 Å². The standard InChI is InChI=1S/C23H28N2O6S/c1-14(2)18-7-5-6-15(3)22(18)24-21(26)13-31-23(27)16-8-11-19(30-4)20(12-16)32(28,29)25-17-9-10-17/h5-8,11-12,14,17,25H,9-10,13H2,1-4H3,(H,24,26). The maximum Gasteiger partial charge on any atom is 0.338 e. The van der Waals surface area contributed by atoms with Crippen LogP contribution in [0.15, 0.2) is 41.3 Å². The molecule has 32 heavy (non-hydrogen) atoms. The Kier molecular flexibility index (Phi) is 7.20. The van der Waals surface area contributed by atoms with Crippen molar-refractivity contribution in [1.82, 2.24) is 4.72 Å². The highest BCUT2D eigenvalue weighted by Crippen LogP contribution is 2.29. The van der Waals surface area contributed by atoms with Gasteiger partial charge in [0, 0.05) is 11.7 Å². The third kappa shape index (κ3) is 5.66. The smallest absolute Gasteiger partial charge is 0.338 e. The van der Waals surface area contributed by atoms with E-state index in [1.165, 1.54) is 25.3 Å². The summed E-state index contributed by atoms with van der Waals surface area (Å²) < 4.78 is 38.1. The number of carbonyl (C=O) groups is 2. The summed E-state index contributed by atoms with van der Waals surface area (Å²) in [7, 11) is -2.50. The van der Waals surface area contributed by atoms with E-state index >= 15 is 0 Å². The molecule has 0 spiro atoms. The monoisotopic (exact) mass is 460 g/mol. The molecule has 1 aliphatic carbocycles. The Morgan fingerprint density at radius 1 is 1.16 bits per heavy atom. The fraction of sp³-hybridized carbons (Fsp3) is 0.391. The van der Waals surface area contributed by atoms with E-state index < -0.39 is 28.5 Å². The highest BCUT2D eigenvalue weighted by Gasteiger charge is 2.30. The highest BCUT2D eigenvalue weighted by molar-refractivity contribution is 7.89. The predicted octanol–water partition coefficient (Wildman–Crippen LogP) is 3.36. The first-order valence-corrected chi connectivity index (χ1v) is 11.9. The first-order chi connectivity index (χ1) is 15.1. The summed E-state index contributed by atoms with van der Waals surface area (Å²) in [5, 5.41) is 2.81. The number of ether oxygens (including phenoxy) is 2. The van der Waals surface area contributed by atoms with E-state index in [4.69, 9.17) is 9.47 Å². The van der Waals surface area contributed by atoms with Gasteiger partial charge in [-0.3, -0.25) is 4.79 Å². The van der Waals surface area contributed by atoms with Crippen LogP contribution in [-0.4, -0.2) is 40.1 Å². The average molecular weight is 461 g/mol. The number of hydrogen-bond donors (Lipinski definition) is 2. The number of amides is 1. The van der Waals surface area contributed by atoms with Gasteiger partial charge in [-0.05, 0) is 55.0 Å². The summed E-state index contributed by atoms with van der Waals surface area (Å²) in [6, 6.07) is 9.64. The average Bonchev–Trinajstić information content (AvgIpc) is 3.56. The molecule has 1 amide bonds. The number of carbonyl (C=O) groups excluding carboxylic acids is 2. The molecule has 0 unspecified atom stereocenters. The number of sulfonamides is 1. The van der Waals surface area contributed by atoms with Crippen molar-refractivity contribution in [3.63, 3.8) is 0 Å². The topological polar surface area (TPSA) is 111 Å². The second kappa shape index (κ2) is 9.70. The second-order valence-electron chi connectivity index (χ2n) is 8.08. The number of methoxy groups -OCH3 is 1. The lowest BCUT2D eigenvalue weighted by molar-refractivity contribution is -0.119. The summed E-state index contributed by atoms with van der Waals surface area (Å²) >= 11 is 0. The van der Waals surface area contributed by atoms with E-state index in [0.29, 0.717) is 5.69 Å². The number of aryl methyl sites for hydroxylation is 1. The molecule has 0 heterocycles. The van der Waals surface area contributed by atoms with Gasteiger partial charge in [0.15, 0.2) is 6.61 Å². The fourth-order valence-electron chi connectivity index (χ4n) is 3.23. The van der Waals surface area contributed by atoms with Crippen molar-refractivity contribution in [2.75, 3.05) is 19.0 Å². The van der Waals surface area contributed by atoms with Gasteiger partial charge in [0.05, 0.1) is 12.7 Å². The van der Waals surface area contributed by atoms with Gasteiger partial charge in [-0.15, -0.1) is 0 Å². The van der Waals surface area contributed by atoms with Crippen LogP contribution in [0.2, 0.25) is 0 Å². The minimum atomic E-state index is -3.85. The molecule has 0 aliphatic heterocycles. The van der Waals surface area contributed by atoms with Crippen LogP contribution >= 0.6 is 0 Å². The largest absolute Gasteiger partial charge is 0.495 e. The van der Waals surface area contributed by atoms with Crippen molar-refractivity contribution >= 4 is 27.6 Å². The van der Waals surface area contributed by atoms with Gasteiger partial charge in [0.2, 0.25) is 10.0 Å². The van der Waals surface area contributed by atoms with Crippen LogP contribution in [0.1, 0.15) is 54.1 Å². The summed E-state index contributed by atoms with van der Waals surface area (Å²) in [6.07, 6.45) is 1.55. The molecule has 0 bridgehead atoms. The van der Waals surface area contributed by atoms with Gasteiger partial charge in [0.1, 0.15) is 10.6 Å². The van der Waals surface area contributed by atoms with E-state index in [0.717, 1.165) is 24.0 Å². The molecule has 1 fully saturated rings. The number of anilines is 1. The molecule has 2 N–H and O–H groups in total. The third-order valence-electron chi connectivity index (χ3n) is 5.11. The lowest BCUT2D eigenvalue weighted by Gasteiger charge is -2.16. The quantitative estimate of drug-likeness (QED) is 0.555. The summed E-state index contributed by atoms with van der Waals surface area (Å²) in [6.45, 7) is 5.44. The number of rotatable bonds is 9. The van der Waals surface area contributed by atoms with Crippen molar-refractivity contribution < 1.29 is 27.5 Å². The molecule has 3 rings (SSSR count). The Bertz CT molecular complexity index is 1120. The molecule has 1 saturated carbocycles. The van der Waals surface area contributed by atoms with Crippen molar-refractivity contribution in [1.29, 1.82) is 0 Å². The summed E-state index contributed by atoms with van der Waals surface area (Å²) in [5.74, 6) is -0.962. The first-order valence-electron chi connectivity index (χ1n) is 10.4. The molecule has 0 radical (unpaired) electrons. The lowest BCUT2D eigenvalue weighted by atomic mass is 9.98. The maximum atomic E-state index is 12.6. The molecular weight excluding hydrogens is 432 g/mol. The number of benzene rings is 2. The zero-order chi connectivity index (χ0) is 23.5. The van der Waals surface area contributed by atoms with Crippen LogP contribution in [0.5, 0.6) is 5.75 Å². The van der Waals surface area contributed by atoms with E-state index in [1.807, 2.05) is 39.0 Å². The minimum absolute atomic E-state index is 0.00790. The van der Waals surface area contributed by atoms with Gasteiger partial charge < -0.3 is 14.8 Å². The molecule has 2 aromatic rings. The highest BCUT2D eigenvalue weighted by atomic mass is 32.2. The maximum absolute atomic E-state index is 12.6. The Morgan fingerprint density at radius 2 is 1.88 bits per heavy atom. The van der Waals surface area contributed by atoms with Crippen molar-refractivity contribution in [2.45, 2.75) is 50.5 Å². The molecule has 0 atom stereocenters. The van der Waals surface area contributed by atoms with Crippen LogP contribution in [0, 0.1) is 6.92 Å². The Hall–Kier alpha value is -2.91. The lowest BCUT2D eigenvalue weighted by Crippen LogP contribution is -2.26. The number of para-hydroxylation sites is 1. The fourth-order valence-corrected chi connectivity index (χ4v) is 4.73. The Morgan fingerprint density at radius 3 is 2.50 bits per heavy atom. The minimum Gasteiger partial charge on any atom is -0.495 e. The molecule has 0 saturated heterocycles. The van der Waals surface area contributed by atoms with Crippen molar-refractivity contribution in [2.24, 2.45) is 0 Å². The van der Waals surface area contributed by atoms with Crippen LogP contribution in [0.4, 0.5) is 5.69 Å². The molecular formula is C23H28N2O6S. The molecule has 8 nitrogen and oxygen atoms in total. The number of nitrogens with one attached hydrogen (secondary N) is 2. The molecule has 0 aromatic heterocycles. The van der Waals surface area contributed by atoms with Crippen LogP contribution in [0.3, 0.4) is 0 Å². The van der Waals surface area contributed by atoms with Crippen molar-refractivity contribution in [3.8, 4) is 5.75 Å². The number of hydrogen-bond acceptors (Lipinski definition) is 6. The van der Waals surface area contributed by atoms with Gasteiger partial charge in [0.25, 0.3) is 5.91 Å². The molecule has 9 heteroatoms. The molecule has 2 aromatic carbocycles. The Labute approximate surface area is 188 Å². The predicted molar refractivity (Wildman–Crippen MR) is 121 cm³/mol. The van der Waals surface area contributed by atoms with Crippen LogP contribution in [0.25, 0.3) is 0 Å². The molecule has 1 aliphatic rings. The number of esters is 1. The normalized spacial score (nSPS) is 13.7. The zero-order valence-electron chi connectivity index (χ0n) is 18.6. The third-order valence-corrected chi connectivity index (χ3v) is 6.66. The van der Waals surface area contributed by atoms with Crippen molar-refractivity contribution in [3.05, 3.63) is 53.1 Å². The van der Waals surface area contributed by atoms with Gasteiger partial charge in [-0.1, -0.05) is 32.0 Å². The molecule has 172 valence electrons. The van der Waals surface area contributed by atoms with E-state index in [1.54, 1.807) is 0 Å². The SMILES string of the molecule is COc1ccc(C(=O)OCC(=O)Nc2c(C)cccc2C(C)C)cc1S(=O)(=O)NC1CC1. The van der Waals surface area contributed by atoms with Crippen LogP contribution in [-0.2, 0) is 19.6 Å². The van der Waals surface area contributed by atoms with Gasteiger partial charge in [-0.2, -0.15) is 0 Å². The first kappa shape index (κ1) is 23.7. The van der Waals surface area contributed by atoms with E-state index in [2.05, 4.69) is 10.0 Å². The Balaban J connectivity index is 1.70. The summed E-state index contributed by atoms with van der Waals surface area (Å²) in [4.78, 5) is 24.8. The van der Waals surface area contributed by atoms with Crippen LogP contribution < -0.4 is 14.8 Å². The van der Waals surface area contributed by atoms with E-state index in [9.17, 15) is 18.0 Å². The van der Waals surface area contributed by atoms with Gasteiger partial charge >= 0.3 is 5.97 Å². The van der Waals surface area contributed by atoms with E-state index in [-0.39, 0.29) is 28.2 Å².